The van der Waals surface area contributed by atoms with E-state index in [0.717, 1.165) is 34.6 Å². The van der Waals surface area contributed by atoms with Gasteiger partial charge in [0.25, 0.3) is 0 Å². The van der Waals surface area contributed by atoms with Gasteiger partial charge in [-0.15, -0.1) is 0 Å². The number of hydrogen-bond donors (Lipinski definition) is 1. The Morgan fingerprint density at radius 1 is 0.553 bits per heavy atom. The molecule has 8 rings (SSSR count). The van der Waals surface area contributed by atoms with Gasteiger partial charge in [-0.1, -0.05) is 91.0 Å². The van der Waals surface area contributed by atoms with E-state index in [1.54, 1.807) is 0 Å². The molecule has 5 aromatic carbocycles. The van der Waals surface area contributed by atoms with Crippen molar-refractivity contribution < 1.29 is 0 Å². The van der Waals surface area contributed by atoms with Crippen LogP contribution in [0.4, 0.5) is 0 Å². The molecule has 0 fully saturated rings. The van der Waals surface area contributed by atoms with Crippen LogP contribution in [-0.4, -0.2) is 15.0 Å². The van der Waals surface area contributed by atoms with Crippen LogP contribution >= 0.6 is 0 Å². The molecule has 0 saturated carbocycles. The van der Waals surface area contributed by atoms with Gasteiger partial charge in [-0.25, -0.2) is 9.97 Å². The molecule has 0 amide bonds. The van der Waals surface area contributed by atoms with Gasteiger partial charge in [-0.05, 0) is 64.1 Å². The summed E-state index contributed by atoms with van der Waals surface area (Å²) in [4.78, 5) is 13.1. The van der Waals surface area contributed by atoms with Crippen molar-refractivity contribution in [3.8, 4) is 44.9 Å². The zero-order valence-corrected chi connectivity index (χ0v) is 20.6. The lowest BCUT2D eigenvalue weighted by atomic mass is 9.96. The number of fused-ring (bicyclic) bond motifs is 6. The maximum absolute atomic E-state index is 4.83. The molecular weight excluding hydrogens is 462 g/mol. The van der Waals surface area contributed by atoms with Gasteiger partial charge in [-0.2, -0.15) is 0 Å². The molecule has 0 atom stereocenters. The Labute approximate surface area is 220 Å². The Morgan fingerprint density at radius 3 is 2.24 bits per heavy atom. The summed E-state index contributed by atoms with van der Waals surface area (Å²) in [5.74, 6) is 0.735. The van der Waals surface area contributed by atoms with E-state index in [-0.39, 0.29) is 0 Å². The average Bonchev–Trinajstić information content (AvgIpc) is 3.54. The number of hydrogen-bond acceptors (Lipinski definition) is 2. The van der Waals surface area contributed by atoms with Gasteiger partial charge < -0.3 is 4.98 Å². The summed E-state index contributed by atoms with van der Waals surface area (Å²) in [7, 11) is 0. The van der Waals surface area contributed by atoms with E-state index in [0.29, 0.717) is 0 Å². The highest BCUT2D eigenvalue weighted by molar-refractivity contribution is 6.15. The molecular formula is C35H23N3. The molecule has 0 spiro atoms. The predicted molar refractivity (Wildman–Crippen MR) is 156 cm³/mol. The summed E-state index contributed by atoms with van der Waals surface area (Å²) in [5, 5.41) is 2.56. The second-order valence-electron chi connectivity index (χ2n) is 9.95. The van der Waals surface area contributed by atoms with Crippen molar-refractivity contribution in [1.29, 1.82) is 0 Å². The predicted octanol–water partition coefficient (Wildman–Crippen LogP) is 8.68. The number of rotatable bonds is 3. The number of benzene rings is 5. The Bertz CT molecular complexity index is 1980. The Balaban J connectivity index is 1.21. The van der Waals surface area contributed by atoms with Crippen molar-refractivity contribution in [3.05, 3.63) is 133 Å². The highest BCUT2D eigenvalue weighted by atomic mass is 14.9. The SMILES string of the molecule is c1ccc(-c2ccnc(-c3ccc(-c4cccc5[nH]c6cc7c(cc6c45)Cc4ccccc4-7)cc3)n2)cc1. The van der Waals surface area contributed by atoms with Gasteiger partial charge in [0.15, 0.2) is 5.82 Å². The van der Waals surface area contributed by atoms with Crippen LogP contribution in [0.2, 0.25) is 0 Å². The fourth-order valence-electron chi connectivity index (χ4n) is 5.89. The third kappa shape index (κ3) is 3.29. The molecule has 0 unspecified atom stereocenters. The molecule has 2 heterocycles. The van der Waals surface area contributed by atoms with Gasteiger partial charge >= 0.3 is 0 Å². The summed E-state index contributed by atoms with van der Waals surface area (Å²) in [5.41, 5.74) is 13.3. The van der Waals surface area contributed by atoms with Gasteiger partial charge in [0.2, 0.25) is 0 Å². The smallest absolute Gasteiger partial charge is 0.159 e. The maximum Gasteiger partial charge on any atom is 0.159 e. The van der Waals surface area contributed by atoms with E-state index >= 15 is 0 Å². The average molecular weight is 486 g/mol. The molecule has 0 bridgehead atoms. The Hall–Kier alpha value is -5.02. The van der Waals surface area contributed by atoms with Gasteiger partial charge in [0, 0.05) is 39.1 Å². The van der Waals surface area contributed by atoms with E-state index in [9.17, 15) is 0 Å². The first-order valence-electron chi connectivity index (χ1n) is 13.0. The zero-order valence-electron chi connectivity index (χ0n) is 20.6. The summed E-state index contributed by atoms with van der Waals surface area (Å²) in [6, 6.07) is 40.8. The van der Waals surface area contributed by atoms with Gasteiger partial charge in [-0.3, -0.25) is 0 Å². The highest BCUT2D eigenvalue weighted by Gasteiger charge is 2.20. The summed E-state index contributed by atoms with van der Waals surface area (Å²) in [6.45, 7) is 0. The van der Waals surface area contributed by atoms with Crippen LogP contribution < -0.4 is 0 Å². The molecule has 0 aliphatic heterocycles. The van der Waals surface area contributed by atoms with Gasteiger partial charge in [0.05, 0.1) is 5.69 Å². The molecule has 1 aliphatic rings. The van der Waals surface area contributed by atoms with Crippen LogP contribution in [0.5, 0.6) is 0 Å². The Kier molecular flexibility index (Phi) is 4.58. The minimum absolute atomic E-state index is 0.735. The molecule has 1 N–H and O–H groups in total. The molecule has 0 radical (unpaired) electrons. The molecule has 1 aliphatic carbocycles. The molecule has 2 aromatic heterocycles. The van der Waals surface area contributed by atoms with E-state index in [1.807, 2.05) is 30.5 Å². The van der Waals surface area contributed by atoms with Crippen molar-refractivity contribution in [2.24, 2.45) is 0 Å². The van der Waals surface area contributed by atoms with E-state index in [4.69, 9.17) is 4.98 Å². The lowest BCUT2D eigenvalue weighted by Crippen LogP contribution is -1.91. The van der Waals surface area contributed by atoms with Crippen LogP contribution in [0.1, 0.15) is 11.1 Å². The maximum atomic E-state index is 4.83. The van der Waals surface area contributed by atoms with Crippen molar-refractivity contribution in [3.63, 3.8) is 0 Å². The van der Waals surface area contributed by atoms with Crippen molar-refractivity contribution in [2.45, 2.75) is 6.42 Å². The standard InChI is InChI=1S/C35H23N3/c1-2-7-23(8-3-1)31-17-18-36-35(38-31)24-15-13-22(14-16-24)28-11-6-12-32-34(28)30-20-26-19-25-9-4-5-10-27(25)29(26)21-33(30)37-32/h1-18,20-21,37H,19H2. The first-order valence-corrected chi connectivity index (χ1v) is 13.0. The topological polar surface area (TPSA) is 41.6 Å². The quantitative estimate of drug-likeness (QED) is 0.272. The lowest BCUT2D eigenvalue weighted by Gasteiger charge is -2.08. The van der Waals surface area contributed by atoms with Crippen molar-refractivity contribution in [1.82, 2.24) is 15.0 Å². The summed E-state index contributed by atoms with van der Waals surface area (Å²) < 4.78 is 0. The number of nitrogens with zero attached hydrogens (tertiary/aromatic N) is 2. The molecule has 3 nitrogen and oxygen atoms in total. The van der Waals surface area contributed by atoms with Crippen LogP contribution in [-0.2, 0) is 6.42 Å². The first-order chi connectivity index (χ1) is 18.8. The minimum Gasteiger partial charge on any atom is -0.354 e. The van der Waals surface area contributed by atoms with E-state index in [1.165, 1.54) is 49.7 Å². The minimum atomic E-state index is 0.735. The summed E-state index contributed by atoms with van der Waals surface area (Å²) in [6.07, 6.45) is 2.83. The lowest BCUT2D eigenvalue weighted by molar-refractivity contribution is 1.18. The largest absolute Gasteiger partial charge is 0.354 e. The van der Waals surface area contributed by atoms with Gasteiger partial charge in [0.1, 0.15) is 0 Å². The van der Waals surface area contributed by atoms with Crippen LogP contribution in [0.25, 0.3) is 66.7 Å². The van der Waals surface area contributed by atoms with E-state index in [2.05, 4.69) is 101 Å². The normalized spacial score (nSPS) is 12.1. The molecule has 178 valence electrons. The van der Waals surface area contributed by atoms with Crippen LogP contribution in [0.3, 0.4) is 0 Å². The van der Waals surface area contributed by atoms with Crippen LogP contribution in [0, 0.1) is 0 Å². The molecule has 3 heteroatoms. The second-order valence-corrected chi connectivity index (χ2v) is 9.95. The number of aromatic amines is 1. The third-order valence-electron chi connectivity index (χ3n) is 7.71. The van der Waals surface area contributed by atoms with Crippen LogP contribution in [0.15, 0.2) is 121 Å². The van der Waals surface area contributed by atoms with E-state index < -0.39 is 0 Å². The molecule has 38 heavy (non-hydrogen) atoms. The monoisotopic (exact) mass is 485 g/mol. The van der Waals surface area contributed by atoms with Crippen molar-refractivity contribution in [2.75, 3.05) is 0 Å². The fraction of sp³-hybridized carbons (Fsp3) is 0.0286. The highest BCUT2D eigenvalue weighted by Crippen LogP contribution is 2.42. The zero-order chi connectivity index (χ0) is 25.1. The molecule has 7 aromatic rings. The number of H-pyrrole nitrogens is 1. The first kappa shape index (κ1) is 21.1. The third-order valence-corrected chi connectivity index (χ3v) is 7.71. The molecule has 0 saturated heterocycles. The second kappa shape index (κ2) is 8.25. The summed E-state index contributed by atoms with van der Waals surface area (Å²) >= 11 is 0. The number of aromatic nitrogens is 3. The van der Waals surface area contributed by atoms with Crippen molar-refractivity contribution >= 4 is 21.8 Å². The fourth-order valence-corrected chi connectivity index (χ4v) is 5.89. The number of nitrogens with one attached hydrogen (secondary N) is 1. The Morgan fingerprint density at radius 2 is 1.34 bits per heavy atom.